The first kappa shape index (κ1) is 14.9. The number of hydrogen-bond donors (Lipinski definition) is 2. The van der Waals surface area contributed by atoms with Crippen molar-refractivity contribution in [2.45, 2.75) is 31.7 Å². The van der Waals surface area contributed by atoms with Crippen molar-refractivity contribution < 1.29 is 9.59 Å². The minimum atomic E-state index is -1.17. The molecule has 2 N–H and O–H groups in total. The molecule has 0 saturated carbocycles. The topological polar surface area (TPSA) is 61.4 Å². The lowest BCUT2D eigenvalue weighted by Gasteiger charge is -2.52. The van der Waals surface area contributed by atoms with Gasteiger partial charge in [-0.3, -0.25) is 9.59 Å². The maximum absolute atomic E-state index is 12.8. The third-order valence-corrected chi connectivity index (χ3v) is 5.75. The standard InChI is InChI=1S/C16H16ClN3O2S/c17-10-4-3-5-11-9(10)8-16(12-6-1-2-7-20(11)12)13(21)18-15(23)19-14(16)22/h3-5,12H,1-2,6-8H2,(H2,18,19,21,22,23)/t12-/m1/s1. The third-order valence-electron chi connectivity index (χ3n) is 5.20. The molecule has 0 radical (unpaired) electrons. The van der Waals surface area contributed by atoms with Gasteiger partial charge in [-0.2, -0.15) is 0 Å². The predicted octanol–water partition coefficient (Wildman–Crippen LogP) is 1.77. The molecular formula is C16H16ClN3O2S. The number of fused-ring (bicyclic) bond motifs is 4. The van der Waals surface area contributed by atoms with Crippen LogP contribution in [-0.2, 0) is 16.0 Å². The van der Waals surface area contributed by atoms with Gasteiger partial charge in [0, 0.05) is 23.7 Å². The molecule has 23 heavy (non-hydrogen) atoms. The number of anilines is 1. The van der Waals surface area contributed by atoms with E-state index in [1.165, 1.54) is 0 Å². The van der Waals surface area contributed by atoms with Crippen LogP contribution in [0.4, 0.5) is 5.69 Å². The molecule has 1 aromatic carbocycles. The van der Waals surface area contributed by atoms with E-state index in [0.29, 0.717) is 11.4 Å². The molecule has 5 nitrogen and oxygen atoms in total. The molecule has 3 aliphatic heterocycles. The molecule has 3 aliphatic rings. The summed E-state index contributed by atoms with van der Waals surface area (Å²) in [6, 6.07) is 5.59. The summed E-state index contributed by atoms with van der Waals surface area (Å²) in [6.07, 6.45) is 3.16. The Morgan fingerprint density at radius 1 is 1.22 bits per heavy atom. The number of piperidine rings is 1. The number of carbonyl (C=O) groups excluding carboxylic acids is 2. The van der Waals surface area contributed by atoms with Crippen LogP contribution in [0.15, 0.2) is 18.2 Å². The van der Waals surface area contributed by atoms with Gasteiger partial charge in [0.05, 0.1) is 6.04 Å². The van der Waals surface area contributed by atoms with Gasteiger partial charge in [-0.25, -0.2) is 0 Å². The average molecular weight is 350 g/mol. The number of carbonyl (C=O) groups is 2. The quantitative estimate of drug-likeness (QED) is 0.553. The van der Waals surface area contributed by atoms with E-state index >= 15 is 0 Å². The molecule has 3 heterocycles. The van der Waals surface area contributed by atoms with Gasteiger partial charge >= 0.3 is 0 Å². The van der Waals surface area contributed by atoms with E-state index in [0.717, 1.165) is 37.1 Å². The van der Waals surface area contributed by atoms with E-state index in [1.807, 2.05) is 18.2 Å². The fourth-order valence-electron chi connectivity index (χ4n) is 4.15. The second-order valence-electron chi connectivity index (χ2n) is 6.33. The molecule has 120 valence electrons. The van der Waals surface area contributed by atoms with Crippen molar-refractivity contribution in [1.82, 2.24) is 10.6 Å². The van der Waals surface area contributed by atoms with Crippen molar-refractivity contribution in [2.75, 3.05) is 11.4 Å². The number of thiocarbonyl (C=S) groups is 1. The van der Waals surface area contributed by atoms with Crippen molar-refractivity contribution in [3.05, 3.63) is 28.8 Å². The van der Waals surface area contributed by atoms with Crippen molar-refractivity contribution in [3.8, 4) is 0 Å². The largest absolute Gasteiger partial charge is 0.367 e. The number of hydrogen-bond acceptors (Lipinski definition) is 4. The first-order valence-electron chi connectivity index (χ1n) is 7.75. The third kappa shape index (κ3) is 2.01. The Balaban J connectivity index is 1.91. The van der Waals surface area contributed by atoms with Crippen molar-refractivity contribution in [1.29, 1.82) is 0 Å². The number of nitrogens with one attached hydrogen (secondary N) is 2. The molecule has 0 aromatic heterocycles. The Kier molecular flexibility index (Phi) is 3.35. The van der Waals surface area contributed by atoms with Gasteiger partial charge in [-0.05, 0) is 49.2 Å². The van der Waals surface area contributed by atoms with Crippen molar-refractivity contribution in [2.24, 2.45) is 5.41 Å². The van der Waals surface area contributed by atoms with Gasteiger partial charge in [0.2, 0.25) is 11.8 Å². The number of amides is 2. The zero-order valence-electron chi connectivity index (χ0n) is 12.4. The first-order valence-corrected chi connectivity index (χ1v) is 8.53. The lowest BCUT2D eigenvalue weighted by Crippen LogP contribution is -2.71. The summed E-state index contributed by atoms with van der Waals surface area (Å²) in [5, 5.41) is 5.97. The monoisotopic (exact) mass is 349 g/mol. The normalized spacial score (nSPS) is 25.5. The van der Waals surface area contributed by atoms with Crippen LogP contribution in [0.25, 0.3) is 0 Å². The van der Waals surface area contributed by atoms with E-state index in [2.05, 4.69) is 15.5 Å². The summed E-state index contributed by atoms with van der Waals surface area (Å²) in [5.74, 6) is -0.623. The fourth-order valence-corrected chi connectivity index (χ4v) is 4.57. The maximum atomic E-state index is 12.8. The summed E-state index contributed by atoms with van der Waals surface area (Å²) < 4.78 is 0. The van der Waals surface area contributed by atoms with Gasteiger partial charge in [0.25, 0.3) is 0 Å². The molecule has 2 fully saturated rings. The van der Waals surface area contributed by atoms with Crippen molar-refractivity contribution in [3.63, 3.8) is 0 Å². The zero-order valence-corrected chi connectivity index (χ0v) is 14.0. The predicted molar refractivity (Wildman–Crippen MR) is 91.5 cm³/mol. The summed E-state index contributed by atoms with van der Waals surface area (Å²) in [5.41, 5.74) is 0.743. The molecule has 0 unspecified atom stereocenters. The van der Waals surface area contributed by atoms with E-state index in [1.54, 1.807) is 0 Å². The van der Waals surface area contributed by atoms with E-state index in [9.17, 15) is 9.59 Å². The van der Waals surface area contributed by atoms with Gasteiger partial charge in [0.1, 0.15) is 0 Å². The molecule has 0 aliphatic carbocycles. The van der Waals surface area contributed by atoms with Crippen LogP contribution in [0, 0.1) is 5.41 Å². The van der Waals surface area contributed by atoms with Crippen LogP contribution >= 0.6 is 23.8 Å². The van der Waals surface area contributed by atoms with Crippen LogP contribution < -0.4 is 15.5 Å². The molecule has 1 aromatic rings. The fraction of sp³-hybridized carbons (Fsp3) is 0.438. The van der Waals surface area contributed by atoms with Gasteiger partial charge in [-0.15, -0.1) is 0 Å². The first-order chi connectivity index (χ1) is 11.0. The molecule has 1 spiro atoms. The Labute approximate surface area is 144 Å². The number of halogens is 1. The second-order valence-corrected chi connectivity index (χ2v) is 7.14. The highest BCUT2D eigenvalue weighted by Gasteiger charge is 2.59. The minimum absolute atomic E-state index is 0.0814. The molecule has 0 bridgehead atoms. The average Bonchev–Trinajstić information content (AvgIpc) is 2.53. The SMILES string of the molecule is O=C1NC(=S)NC(=O)C12Cc1c(Cl)cccc1N1CCCC[C@@H]12. The Bertz CT molecular complexity index is 716. The second kappa shape index (κ2) is 5.18. The zero-order chi connectivity index (χ0) is 16.2. The van der Waals surface area contributed by atoms with Crippen LogP contribution in [0.5, 0.6) is 0 Å². The molecule has 1 atom stereocenters. The van der Waals surface area contributed by atoms with Gasteiger partial charge < -0.3 is 15.5 Å². The van der Waals surface area contributed by atoms with Crippen LogP contribution in [-0.4, -0.2) is 29.5 Å². The highest BCUT2D eigenvalue weighted by Crippen LogP contribution is 2.48. The maximum Gasteiger partial charge on any atom is 0.244 e. The smallest absolute Gasteiger partial charge is 0.244 e. The Morgan fingerprint density at radius 3 is 2.70 bits per heavy atom. The van der Waals surface area contributed by atoms with E-state index in [-0.39, 0.29) is 23.0 Å². The number of nitrogens with zero attached hydrogens (tertiary/aromatic N) is 1. The van der Waals surface area contributed by atoms with Crippen molar-refractivity contribution >= 4 is 46.4 Å². The summed E-state index contributed by atoms with van der Waals surface area (Å²) in [4.78, 5) is 27.9. The van der Waals surface area contributed by atoms with Crippen LogP contribution in [0.1, 0.15) is 24.8 Å². The Morgan fingerprint density at radius 2 is 1.96 bits per heavy atom. The molecule has 7 heteroatoms. The lowest BCUT2D eigenvalue weighted by molar-refractivity contribution is -0.146. The Hall–Kier alpha value is -1.66. The highest BCUT2D eigenvalue weighted by molar-refractivity contribution is 7.80. The number of rotatable bonds is 0. The van der Waals surface area contributed by atoms with Crippen LogP contribution in [0.2, 0.25) is 5.02 Å². The van der Waals surface area contributed by atoms with E-state index < -0.39 is 5.41 Å². The summed E-state index contributed by atoms with van der Waals surface area (Å²) >= 11 is 11.3. The highest BCUT2D eigenvalue weighted by atomic mass is 35.5. The van der Waals surface area contributed by atoms with Gasteiger partial charge in [0.15, 0.2) is 10.5 Å². The molecule has 4 rings (SSSR count). The summed E-state index contributed by atoms with van der Waals surface area (Å²) in [6.45, 7) is 0.824. The molecule has 2 amide bonds. The van der Waals surface area contributed by atoms with Gasteiger partial charge in [-0.1, -0.05) is 17.7 Å². The van der Waals surface area contributed by atoms with E-state index in [4.69, 9.17) is 23.8 Å². The number of benzene rings is 1. The molecule has 2 saturated heterocycles. The molecular weight excluding hydrogens is 334 g/mol. The van der Waals surface area contributed by atoms with Crippen LogP contribution in [0.3, 0.4) is 0 Å². The summed E-state index contributed by atoms with van der Waals surface area (Å²) in [7, 11) is 0. The lowest BCUT2D eigenvalue weighted by atomic mass is 9.66. The minimum Gasteiger partial charge on any atom is -0.367 e.